The third-order valence-corrected chi connectivity index (χ3v) is 4.90. The van der Waals surface area contributed by atoms with Gasteiger partial charge in [0, 0.05) is 13.0 Å². The van der Waals surface area contributed by atoms with Crippen LogP contribution in [0.5, 0.6) is 0 Å². The van der Waals surface area contributed by atoms with Gasteiger partial charge in [0.2, 0.25) is 0 Å². The summed E-state index contributed by atoms with van der Waals surface area (Å²) in [6.07, 6.45) is 6.13. The Labute approximate surface area is 124 Å². The number of rotatable bonds is 5. The maximum Gasteiger partial charge on any atom is 0.347 e. The van der Waals surface area contributed by atoms with Crippen molar-refractivity contribution in [2.75, 3.05) is 19.6 Å². The summed E-state index contributed by atoms with van der Waals surface area (Å²) < 4.78 is 0. The molecule has 0 amide bonds. The van der Waals surface area contributed by atoms with Gasteiger partial charge in [-0.25, -0.2) is 9.78 Å². The second kappa shape index (κ2) is 7.18. The molecule has 1 fully saturated rings. The van der Waals surface area contributed by atoms with Crippen LogP contribution in [0.4, 0.5) is 0 Å². The van der Waals surface area contributed by atoms with Crippen molar-refractivity contribution >= 4 is 17.3 Å². The first-order valence-electron chi connectivity index (χ1n) is 7.53. The molecule has 0 spiro atoms. The number of nitrogens with zero attached hydrogens (tertiary/aromatic N) is 2. The molecule has 0 aliphatic carbocycles. The van der Waals surface area contributed by atoms with Crippen molar-refractivity contribution in [1.82, 2.24) is 9.88 Å². The zero-order valence-corrected chi connectivity index (χ0v) is 13.2. The number of aromatic nitrogens is 1. The third-order valence-electron chi connectivity index (χ3n) is 3.78. The van der Waals surface area contributed by atoms with E-state index in [2.05, 4.69) is 9.88 Å². The lowest BCUT2D eigenvalue weighted by Crippen LogP contribution is -2.26. The molecule has 0 radical (unpaired) electrons. The van der Waals surface area contributed by atoms with Crippen LogP contribution in [0.25, 0.3) is 0 Å². The molecule has 4 nitrogen and oxygen atoms in total. The van der Waals surface area contributed by atoms with Crippen molar-refractivity contribution in [3.63, 3.8) is 0 Å². The number of likely N-dealkylation sites (tertiary alicyclic amines) is 1. The molecule has 112 valence electrons. The highest BCUT2D eigenvalue weighted by Gasteiger charge is 2.20. The van der Waals surface area contributed by atoms with E-state index in [9.17, 15) is 9.90 Å². The normalized spacial score (nSPS) is 17.4. The molecule has 2 rings (SSSR count). The Bertz CT molecular complexity index is 449. The number of hydrogen-bond donors (Lipinski definition) is 1. The van der Waals surface area contributed by atoms with E-state index in [1.807, 2.05) is 13.8 Å². The lowest BCUT2D eigenvalue weighted by Gasteiger charge is -2.18. The second-order valence-electron chi connectivity index (χ2n) is 5.79. The van der Waals surface area contributed by atoms with Crippen LogP contribution in [0.1, 0.15) is 65.8 Å². The van der Waals surface area contributed by atoms with E-state index in [0.717, 1.165) is 23.7 Å². The zero-order valence-electron chi connectivity index (χ0n) is 12.4. The Hall–Kier alpha value is -0.940. The number of carboxylic acid groups (broad SMARTS) is 1. The van der Waals surface area contributed by atoms with Gasteiger partial charge in [-0.3, -0.25) is 0 Å². The fourth-order valence-corrected chi connectivity index (χ4v) is 3.69. The molecule has 0 saturated carbocycles. The van der Waals surface area contributed by atoms with Crippen molar-refractivity contribution in [2.45, 2.75) is 51.9 Å². The summed E-state index contributed by atoms with van der Waals surface area (Å²) in [4.78, 5) is 18.7. The lowest BCUT2D eigenvalue weighted by molar-refractivity contribution is 0.0700. The third kappa shape index (κ3) is 4.03. The molecular weight excluding hydrogens is 272 g/mol. The van der Waals surface area contributed by atoms with E-state index in [4.69, 9.17) is 0 Å². The highest BCUT2D eigenvalue weighted by Crippen LogP contribution is 2.25. The number of aromatic carboxylic acids is 1. The molecule has 0 unspecified atom stereocenters. The fraction of sp³-hybridized carbons (Fsp3) is 0.733. The Balaban J connectivity index is 1.98. The minimum atomic E-state index is -0.841. The standard InChI is InChI=1S/C15H24N2O2S/c1-11(2)13-14(15(18)19)20-12(16-13)7-10-17-8-5-3-4-6-9-17/h11H,3-10H2,1-2H3,(H,18,19). The largest absolute Gasteiger partial charge is 0.477 e. The van der Waals surface area contributed by atoms with Gasteiger partial charge in [-0.15, -0.1) is 11.3 Å². The van der Waals surface area contributed by atoms with Crippen LogP contribution >= 0.6 is 11.3 Å². The number of carbonyl (C=O) groups is 1. The molecule has 5 heteroatoms. The van der Waals surface area contributed by atoms with Crippen LogP contribution in [-0.2, 0) is 6.42 Å². The zero-order chi connectivity index (χ0) is 14.5. The first-order chi connectivity index (χ1) is 9.58. The number of carboxylic acids is 1. The molecular formula is C15H24N2O2S. The number of hydrogen-bond acceptors (Lipinski definition) is 4. The predicted molar refractivity (Wildman–Crippen MR) is 81.8 cm³/mol. The summed E-state index contributed by atoms with van der Waals surface area (Å²) in [5.74, 6) is -0.670. The molecule has 0 bridgehead atoms. The average molecular weight is 296 g/mol. The first kappa shape index (κ1) is 15.4. The smallest absolute Gasteiger partial charge is 0.347 e. The van der Waals surface area contributed by atoms with E-state index in [-0.39, 0.29) is 5.92 Å². The van der Waals surface area contributed by atoms with Crippen LogP contribution in [-0.4, -0.2) is 40.6 Å². The number of thiazole rings is 1. The SMILES string of the molecule is CC(C)c1nc(CCN2CCCCCC2)sc1C(=O)O. The maximum atomic E-state index is 11.3. The molecule has 0 aromatic carbocycles. The van der Waals surface area contributed by atoms with E-state index in [0.29, 0.717) is 4.88 Å². The topological polar surface area (TPSA) is 53.4 Å². The predicted octanol–water partition coefficient (Wildman–Crippen LogP) is 3.38. The van der Waals surface area contributed by atoms with Crippen molar-refractivity contribution in [3.8, 4) is 0 Å². The minimum absolute atomic E-state index is 0.171. The molecule has 1 saturated heterocycles. The van der Waals surface area contributed by atoms with Gasteiger partial charge in [0.05, 0.1) is 10.7 Å². The van der Waals surface area contributed by atoms with Crippen LogP contribution in [0, 0.1) is 0 Å². The van der Waals surface area contributed by atoms with Crippen molar-refractivity contribution in [1.29, 1.82) is 0 Å². The van der Waals surface area contributed by atoms with Gasteiger partial charge in [0.1, 0.15) is 4.88 Å². The molecule has 1 aliphatic heterocycles. The second-order valence-corrected chi connectivity index (χ2v) is 6.87. The van der Waals surface area contributed by atoms with E-state index < -0.39 is 5.97 Å². The monoisotopic (exact) mass is 296 g/mol. The summed E-state index contributed by atoms with van der Waals surface area (Å²) in [5.41, 5.74) is 0.744. The Kier molecular flexibility index (Phi) is 5.54. The van der Waals surface area contributed by atoms with E-state index in [1.165, 1.54) is 50.1 Å². The molecule has 2 heterocycles. The molecule has 20 heavy (non-hydrogen) atoms. The maximum absolute atomic E-state index is 11.3. The van der Waals surface area contributed by atoms with Crippen molar-refractivity contribution in [3.05, 3.63) is 15.6 Å². The van der Waals surface area contributed by atoms with Crippen molar-refractivity contribution in [2.24, 2.45) is 0 Å². The van der Waals surface area contributed by atoms with E-state index >= 15 is 0 Å². The van der Waals surface area contributed by atoms with Gasteiger partial charge in [0.25, 0.3) is 0 Å². The molecule has 1 aromatic rings. The highest BCUT2D eigenvalue weighted by molar-refractivity contribution is 7.13. The van der Waals surface area contributed by atoms with Gasteiger partial charge < -0.3 is 10.0 Å². The average Bonchev–Trinajstić information content (AvgIpc) is 2.67. The quantitative estimate of drug-likeness (QED) is 0.905. The molecule has 1 N–H and O–H groups in total. The summed E-state index contributed by atoms with van der Waals surface area (Å²) in [6.45, 7) is 7.35. The molecule has 0 atom stereocenters. The van der Waals surface area contributed by atoms with Gasteiger partial charge in [0.15, 0.2) is 0 Å². The Morgan fingerprint density at radius 2 is 1.95 bits per heavy atom. The molecule has 1 aromatic heterocycles. The van der Waals surface area contributed by atoms with E-state index in [1.54, 1.807) is 0 Å². The lowest BCUT2D eigenvalue weighted by atomic mass is 10.1. The van der Waals surface area contributed by atoms with Crippen LogP contribution < -0.4 is 0 Å². The minimum Gasteiger partial charge on any atom is -0.477 e. The Morgan fingerprint density at radius 1 is 1.30 bits per heavy atom. The molecule has 1 aliphatic rings. The van der Waals surface area contributed by atoms with Gasteiger partial charge in [-0.1, -0.05) is 26.7 Å². The van der Waals surface area contributed by atoms with Crippen LogP contribution in [0.2, 0.25) is 0 Å². The fourth-order valence-electron chi connectivity index (χ4n) is 2.64. The van der Waals surface area contributed by atoms with Crippen molar-refractivity contribution < 1.29 is 9.90 Å². The Morgan fingerprint density at radius 3 is 2.45 bits per heavy atom. The summed E-state index contributed by atoms with van der Waals surface area (Å²) in [7, 11) is 0. The highest BCUT2D eigenvalue weighted by atomic mass is 32.1. The van der Waals surface area contributed by atoms with Crippen LogP contribution in [0.15, 0.2) is 0 Å². The van der Waals surface area contributed by atoms with Gasteiger partial charge in [-0.2, -0.15) is 0 Å². The summed E-state index contributed by atoms with van der Waals surface area (Å²) >= 11 is 1.35. The van der Waals surface area contributed by atoms with Gasteiger partial charge >= 0.3 is 5.97 Å². The van der Waals surface area contributed by atoms with Crippen LogP contribution in [0.3, 0.4) is 0 Å². The summed E-state index contributed by atoms with van der Waals surface area (Å²) in [6, 6.07) is 0. The first-order valence-corrected chi connectivity index (χ1v) is 8.35. The summed E-state index contributed by atoms with van der Waals surface area (Å²) in [5, 5.41) is 10.2. The van der Waals surface area contributed by atoms with Gasteiger partial charge in [-0.05, 0) is 31.8 Å².